The Morgan fingerprint density at radius 2 is 1.32 bits per heavy atom. The lowest BCUT2D eigenvalue weighted by atomic mass is 10.0. The second kappa shape index (κ2) is 9.06. The van der Waals surface area contributed by atoms with Gasteiger partial charge in [-0.3, -0.25) is 4.79 Å². The van der Waals surface area contributed by atoms with Crippen LogP contribution in [0.5, 0.6) is 11.5 Å². The molecule has 0 aliphatic heterocycles. The molecule has 1 N–H and O–H groups in total. The molecule has 0 fully saturated rings. The zero-order chi connectivity index (χ0) is 21.8. The van der Waals surface area contributed by atoms with Gasteiger partial charge in [0.05, 0.1) is 5.69 Å². The number of aliphatic carboxylic acids is 1. The van der Waals surface area contributed by atoms with Gasteiger partial charge in [-0.25, -0.2) is 9.21 Å². The normalized spacial score (nSPS) is 13.2. The molecule has 0 aromatic heterocycles. The van der Waals surface area contributed by atoms with Crippen LogP contribution >= 0.6 is 11.8 Å². The Morgan fingerprint density at radius 1 is 0.774 bits per heavy atom. The van der Waals surface area contributed by atoms with Gasteiger partial charge >= 0.3 is 5.97 Å². The zero-order valence-electron chi connectivity index (χ0n) is 16.6. The van der Waals surface area contributed by atoms with Crippen LogP contribution in [-0.2, 0) is 9.59 Å². The molecule has 0 saturated carbocycles. The molecular weight excluding hydrogens is 414 g/mol. The smallest absolute Gasteiger partial charge is 0.332 e. The van der Waals surface area contributed by atoms with Crippen molar-refractivity contribution in [2.24, 2.45) is 0 Å². The Morgan fingerprint density at radius 3 is 1.94 bits per heavy atom. The van der Waals surface area contributed by atoms with E-state index in [2.05, 4.69) is 0 Å². The van der Waals surface area contributed by atoms with E-state index in [1.807, 2.05) is 66.7 Å². The molecule has 5 nitrogen and oxygen atoms in total. The molecule has 1 aliphatic carbocycles. The van der Waals surface area contributed by atoms with Crippen molar-refractivity contribution in [3.63, 3.8) is 0 Å². The maximum absolute atomic E-state index is 12.7. The number of hydrogen-bond acceptors (Lipinski definition) is 3. The number of halogens is 1. The Hall–Kier alpha value is -3.57. The van der Waals surface area contributed by atoms with E-state index in [-0.39, 0.29) is 11.1 Å². The van der Waals surface area contributed by atoms with Crippen molar-refractivity contribution in [1.82, 2.24) is 0 Å². The summed E-state index contributed by atoms with van der Waals surface area (Å²) in [4.78, 5) is 24.0. The van der Waals surface area contributed by atoms with Crippen molar-refractivity contribution in [3.8, 4) is 22.6 Å². The summed E-state index contributed by atoms with van der Waals surface area (Å²) in [6, 6.07) is 24.5. The molecule has 0 heterocycles. The lowest BCUT2D eigenvalue weighted by Crippen LogP contribution is -2.23. The first-order valence-corrected chi connectivity index (χ1v) is 10.3. The standard InChI is InChI=1S/C25H20ClNO4/c26-27(24(28)22-7-4-8-23(22)25(29)30)19-13-9-17(10-14-19)18-11-15-21(16-12-18)31-20-5-2-1-3-6-20/h1-3,5-6,9-16H,4,7-8H2,(H,29,30). The van der Waals surface area contributed by atoms with E-state index in [1.54, 1.807) is 12.1 Å². The molecule has 31 heavy (non-hydrogen) atoms. The predicted octanol–water partition coefficient (Wildman–Crippen LogP) is 6.20. The van der Waals surface area contributed by atoms with Gasteiger partial charge in [0.15, 0.2) is 0 Å². The summed E-state index contributed by atoms with van der Waals surface area (Å²) in [5.74, 6) is -0.0224. The van der Waals surface area contributed by atoms with Crippen LogP contribution in [0.1, 0.15) is 19.3 Å². The predicted molar refractivity (Wildman–Crippen MR) is 120 cm³/mol. The second-order valence-electron chi connectivity index (χ2n) is 7.19. The summed E-state index contributed by atoms with van der Waals surface area (Å²) in [6.45, 7) is 0. The lowest BCUT2D eigenvalue weighted by Gasteiger charge is -2.16. The maximum Gasteiger partial charge on any atom is 0.332 e. The first-order chi connectivity index (χ1) is 15.0. The Bertz CT molecular complexity index is 1120. The first-order valence-electron chi connectivity index (χ1n) is 9.92. The van der Waals surface area contributed by atoms with Crippen molar-refractivity contribution in [2.75, 3.05) is 4.42 Å². The highest BCUT2D eigenvalue weighted by Crippen LogP contribution is 2.32. The van der Waals surface area contributed by atoms with Crippen molar-refractivity contribution < 1.29 is 19.4 Å². The largest absolute Gasteiger partial charge is 0.478 e. The van der Waals surface area contributed by atoms with E-state index >= 15 is 0 Å². The molecule has 3 aromatic rings. The van der Waals surface area contributed by atoms with Crippen LogP contribution in [0.15, 0.2) is 90.0 Å². The molecule has 0 unspecified atom stereocenters. The number of carbonyl (C=O) groups excluding carboxylic acids is 1. The molecule has 1 amide bonds. The van der Waals surface area contributed by atoms with E-state index in [9.17, 15) is 14.7 Å². The van der Waals surface area contributed by atoms with Crippen molar-refractivity contribution >= 4 is 29.3 Å². The Kier molecular flexibility index (Phi) is 6.05. The highest BCUT2D eigenvalue weighted by Gasteiger charge is 2.28. The quantitative estimate of drug-likeness (QED) is 0.470. The summed E-state index contributed by atoms with van der Waals surface area (Å²) in [5.41, 5.74) is 2.87. The maximum atomic E-state index is 12.7. The zero-order valence-corrected chi connectivity index (χ0v) is 17.4. The van der Waals surface area contributed by atoms with E-state index in [4.69, 9.17) is 16.5 Å². The van der Waals surface area contributed by atoms with Gasteiger partial charge in [-0.2, -0.15) is 0 Å². The number of nitrogens with zero attached hydrogens (tertiary/aromatic N) is 1. The average molecular weight is 434 g/mol. The number of benzene rings is 3. The second-order valence-corrected chi connectivity index (χ2v) is 7.53. The van der Waals surface area contributed by atoms with Crippen molar-refractivity contribution in [3.05, 3.63) is 90.0 Å². The summed E-state index contributed by atoms with van der Waals surface area (Å²) >= 11 is 6.24. The number of carbonyl (C=O) groups is 2. The van der Waals surface area contributed by atoms with E-state index in [1.165, 1.54) is 0 Å². The fourth-order valence-corrected chi connectivity index (χ4v) is 3.79. The molecule has 0 spiro atoms. The number of ether oxygens (including phenoxy) is 1. The van der Waals surface area contributed by atoms with Crippen LogP contribution in [0.4, 0.5) is 5.69 Å². The third-order valence-corrected chi connectivity index (χ3v) is 5.52. The Balaban J connectivity index is 1.47. The van der Waals surface area contributed by atoms with E-state index in [0.29, 0.717) is 24.9 Å². The molecule has 0 radical (unpaired) electrons. The third kappa shape index (κ3) is 4.62. The van der Waals surface area contributed by atoms with Crippen LogP contribution in [0.3, 0.4) is 0 Å². The molecule has 1 aliphatic rings. The lowest BCUT2D eigenvalue weighted by molar-refractivity contribution is -0.133. The van der Waals surface area contributed by atoms with Gasteiger partial charge in [0, 0.05) is 22.9 Å². The van der Waals surface area contributed by atoms with Crippen LogP contribution in [0.25, 0.3) is 11.1 Å². The number of amides is 1. The summed E-state index contributed by atoms with van der Waals surface area (Å²) in [5, 5.41) is 9.27. The fourth-order valence-electron chi connectivity index (χ4n) is 3.58. The minimum atomic E-state index is -1.05. The fraction of sp³-hybridized carbons (Fsp3) is 0.120. The number of hydrogen-bond donors (Lipinski definition) is 1. The summed E-state index contributed by atoms with van der Waals surface area (Å²) in [6.07, 6.45) is 1.47. The van der Waals surface area contributed by atoms with Gasteiger partial charge in [0.25, 0.3) is 5.91 Å². The Labute approximate surface area is 185 Å². The highest BCUT2D eigenvalue weighted by atomic mass is 35.5. The topological polar surface area (TPSA) is 66.8 Å². The molecule has 0 saturated heterocycles. The summed E-state index contributed by atoms with van der Waals surface area (Å²) in [7, 11) is 0. The number of carboxylic acids is 1. The number of anilines is 1. The van der Waals surface area contributed by atoms with Gasteiger partial charge < -0.3 is 9.84 Å². The summed E-state index contributed by atoms with van der Waals surface area (Å²) < 4.78 is 6.80. The molecule has 4 rings (SSSR count). The van der Waals surface area contributed by atoms with Gasteiger partial charge in [0.1, 0.15) is 11.5 Å². The van der Waals surface area contributed by atoms with Crippen molar-refractivity contribution in [1.29, 1.82) is 0 Å². The monoisotopic (exact) mass is 433 g/mol. The van der Waals surface area contributed by atoms with E-state index < -0.39 is 11.9 Å². The molecule has 156 valence electrons. The van der Waals surface area contributed by atoms with Crippen LogP contribution in [0.2, 0.25) is 0 Å². The molecule has 0 atom stereocenters. The van der Waals surface area contributed by atoms with Crippen LogP contribution in [0, 0.1) is 0 Å². The highest BCUT2D eigenvalue weighted by molar-refractivity contribution is 6.39. The van der Waals surface area contributed by atoms with Gasteiger partial charge in [-0.05, 0) is 66.8 Å². The van der Waals surface area contributed by atoms with Crippen LogP contribution in [-0.4, -0.2) is 17.0 Å². The minimum absolute atomic E-state index is 0.157. The molecule has 3 aromatic carbocycles. The molecular formula is C25H20ClNO4. The van der Waals surface area contributed by atoms with E-state index in [0.717, 1.165) is 27.0 Å². The first kappa shape index (κ1) is 20.7. The average Bonchev–Trinajstić information content (AvgIpc) is 3.30. The number of para-hydroxylation sites is 1. The molecule has 0 bridgehead atoms. The van der Waals surface area contributed by atoms with Gasteiger partial charge in [0.2, 0.25) is 0 Å². The van der Waals surface area contributed by atoms with Gasteiger partial charge in [-0.15, -0.1) is 0 Å². The van der Waals surface area contributed by atoms with Crippen LogP contribution < -0.4 is 9.16 Å². The van der Waals surface area contributed by atoms with Gasteiger partial charge in [-0.1, -0.05) is 42.5 Å². The molecule has 6 heteroatoms. The van der Waals surface area contributed by atoms with Crippen molar-refractivity contribution in [2.45, 2.75) is 19.3 Å². The minimum Gasteiger partial charge on any atom is -0.478 e. The SMILES string of the molecule is O=C(O)C1=C(C(=O)N(Cl)c2ccc(-c3ccc(Oc4ccccc4)cc3)cc2)CCC1. The third-order valence-electron chi connectivity index (χ3n) is 5.17. The number of rotatable bonds is 6. The number of carboxylic acid groups (broad SMARTS) is 1.